The number of ether oxygens (including phenoxy) is 2. The van der Waals surface area contributed by atoms with Crippen molar-refractivity contribution < 1.29 is 88.9 Å². The molecule has 3 atom stereocenters. The van der Waals surface area contributed by atoms with Gasteiger partial charge in [0.2, 0.25) is 11.6 Å². The van der Waals surface area contributed by atoms with E-state index in [2.05, 4.69) is 71.3 Å². The Morgan fingerprint density at radius 3 is 1.93 bits per heavy atom. The molecular weight excluding hydrogens is 1320 g/mol. The van der Waals surface area contributed by atoms with Crippen molar-refractivity contribution in [1.29, 1.82) is 0 Å². The number of aliphatic carboxylic acids is 3. The van der Waals surface area contributed by atoms with Crippen molar-refractivity contribution in [3.8, 4) is 5.75 Å². The number of hydrogen-bond acceptors (Lipinski definition) is 14. The molecule has 540 valence electrons. The molecule has 3 aliphatic heterocycles. The zero-order valence-electron chi connectivity index (χ0n) is 57.5. The molecule has 0 fully saturated rings. The van der Waals surface area contributed by atoms with Gasteiger partial charge >= 0.3 is 23.9 Å². The van der Waals surface area contributed by atoms with Gasteiger partial charge in [0.05, 0.1) is 35.5 Å². The second-order valence-electron chi connectivity index (χ2n) is 26.8. The number of allylic oxidation sites excluding steroid dienone is 5. The van der Waals surface area contributed by atoms with E-state index < -0.39 is 78.8 Å². The zero-order valence-corrected chi connectivity index (χ0v) is 59.1. The van der Waals surface area contributed by atoms with E-state index in [4.69, 9.17) is 14.6 Å². The highest BCUT2D eigenvalue weighted by Crippen LogP contribution is 2.48. The molecule has 23 nitrogen and oxygen atoms in total. The number of carboxylic acid groups (broad SMARTS) is 3. The molecule has 100 heavy (non-hydrogen) atoms. The minimum atomic E-state index is -4.15. The van der Waals surface area contributed by atoms with Crippen LogP contribution in [0.15, 0.2) is 150 Å². The molecule has 4 aromatic rings. The van der Waals surface area contributed by atoms with Crippen molar-refractivity contribution in [3.63, 3.8) is 0 Å². The molecule has 0 radical (unpaired) electrons. The van der Waals surface area contributed by atoms with Crippen LogP contribution in [0.2, 0.25) is 0 Å². The van der Waals surface area contributed by atoms with E-state index in [9.17, 15) is 69.7 Å². The predicted molar refractivity (Wildman–Crippen MR) is 380 cm³/mol. The Bertz CT molecular complexity index is 3950. The summed E-state index contributed by atoms with van der Waals surface area (Å²) in [6.45, 7) is 9.78. The average Bonchev–Trinajstić information content (AvgIpc) is 1.61. The summed E-state index contributed by atoms with van der Waals surface area (Å²) < 4.78 is 81.3. The lowest BCUT2D eigenvalue weighted by molar-refractivity contribution is -0.438. The van der Waals surface area contributed by atoms with Gasteiger partial charge in [-0.05, 0) is 125 Å². The zero-order chi connectivity index (χ0) is 72.6. The molecule has 3 heterocycles. The van der Waals surface area contributed by atoms with Gasteiger partial charge in [-0.3, -0.25) is 33.1 Å². The lowest BCUT2D eigenvalue weighted by atomic mass is 9.81. The van der Waals surface area contributed by atoms with E-state index in [0.29, 0.717) is 81.1 Å². The molecule has 0 aromatic heterocycles. The first-order valence-corrected chi connectivity index (χ1v) is 37.6. The number of amides is 3. The molecule has 0 spiro atoms. The number of unbranched alkanes of at least 4 members (excludes halogenated alkanes) is 7. The molecule has 25 heteroatoms. The maximum absolute atomic E-state index is 14.3. The van der Waals surface area contributed by atoms with E-state index >= 15 is 0 Å². The molecule has 8 N–H and O–H groups in total. The standard InChI is InChI=1S/C75H95N5O18S2/c1-74(2)58-26-14-16-28-62(58)79(44-18-20-47-99(91,92)93)66(74)40-34-54-42-46-97-65(39-41-67-75(3,4)59-27-15-17-29-63(59)80(67)45-19-21-48-100(94,95)96)70(54)98-57-36-32-53(33-37-57)49-55(71(86)87)51-64(82)61(50-52-23-10-9-11-24-52)77-68(83)30-13-8-6-5-7-12-25-56(81)35-38-60(72(88)89)78-73(90)76-43-22-31-69(84)85/h9-11,14-17,23-24,26-29,32-34,36-37,39-41,55,60-61H,5-8,12-13,18-22,25,30-31,35,38,42-51H2,1-4H3,(H7-,76,77,78,83,84,85,86,87,88,89,90,91,92,93,94,95,96)/p+1/t55-,60+,61+/m1/s1. The van der Waals surface area contributed by atoms with E-state index in [1.54, 1.807) is 24.3 Å². The van der Waals surface area contributed by atoms with Gasteiger partial charge in [0.15, 0.2) is 23.0 Å². The van der Waals surface area contributed by atoms with Crippen LogP contribution in [-0.4, -0.2) is 143 Å². The quantitative estimate of drug-likeness (QED) is 0.0116. The topological polar surface area (TPSA) is 350 Å². The van der Waals surface area contributed by atoms with Gasteiger partial charge < -0.3 is 45.6 Å². The number of ketones is 2. The molecule has 4 aromatic carbocycles. The summed E-state index contributed by atoms with van der Waals surface area (Å²) in [5.74, 6) is -5.05. The lowest BCUT2D eigenvalue weighted by Gasteiger charge is -2.27. The summed E-state index contributed by atoms with van der Waals surface area (Å²) in [4.78, 5) is 90.0. The number of fused-ring (bicyclic) bond motifs is 2. The smallest absolute Gasteiger partial charge is 0.326 e. The molecule has 0 aliphatic carbocycles. The number of anilines is 1. The molecule has 0 saturated carbocycles. The number of para-hydroxylation sites is 2. The van der Waals surface area contributed by atoms with Crippen molar-refractivity contribution in [2.75, 3.05) is 42.6 Å². The maximum Gasteiger partial charge on any atom is 0.326 e. The molecule has 0 unspecified atom stereocenters. The number of carbonyl (C=O) groups is 7. The van der Waals surface area contributed by atoms with Crippen molar-refractivity contribution >= 4 is 78.7 Å². The van der Waals surface area contributed by atoms with Crippen molar-refractivity contribution in [1.82, 2.24) is 16.0 Å². The summed E-state index contributed by atoms with van der Waals surface area (Å²) in [6.07, 6.45) is 14.0. The van der Waals surface area contributed by atoms with Crippen LogP contribution < -0.4 is 25.6 Å². The van der Waals surface area contributed by atoms with Crippen molar-refractivity contribution in [3.05, 3.63) is 172 Å². The number of urea groups is 1. The average molecular weight is 1420 g/mol. The lowest BCUT2D eigenvalue weighted by Crippen LogP contribution is -2.46. The fraction of sp³-hybridized carbons (Fsp3) is 0.467. The molecular formula is C75H96N5O18S2+. The maximum atomic E-state index is 14.3. The summed E-state index contributed by atoms with van der Waals surface area (Å²) in [5.41, 5.74) is 7.19. The van der Waals surface area contributed by atoms with Gasteiger partial charge in [-0.2, -0.15) is 21.4 Å². The summed E-state index contributed by atoms with van der Waals surface area (Å²) in [6, 6.07) is 29.1. The van der Waals surface area contributed by atoms with Gasteiger partial charge in [-0.25, -0.2) is 9.59 Å². The van der Waals surface area contributed by atoms with Crippen molar-refractivity contribution in [2.24, 2.45) is 5.92 Å². The van der Waals surface area contributed by atoms with Gasteiger partial charge in [0.1, 0.15) is 24.1 Å². The van der Waals surface area contributed by atoms with E-state index in [1.165, 1.54) is 0 Å². The molecule has 0 bridgehead atoms. The number of carboxylic acids is 3. The SMILES string of the molecule is CC1(C)C(=CC=C2OCCC(C=CC3=[N+](CCCCS(=O)(=O)O)c4ccccc4C3(C)C)=C2Oc2ccc(C[C@H](CC(=O)[C@H](Cc3ccccc3)NC(=O)CCCCCCCCC(=O)CC[C@H](NC(=O)NCCCC(=O)O)C(=O)O)C(=O)O)cc2)N(CCCCS(=O)(=O)O)c2ccccc21. The first-order valence-electron chi connectivity index (χ1n) is 34.4. The highest BCUT2D eigenvalue weighted by molar-refractivity contribution is 7.86. The Kier molecular flexibility index (Phi) is 29.1. The van der Waals surface area contributed by atoms with Crippen molar-refractivity contribution in [2.45, 2.75) is 179 Å². The number of Topliss-reactive ketones (excluding diaryl/α,β-unsaturated/α-hetero) is 2. The van der Waals surface area contributed by atoms with Gasteiger partial charge in [0.25, 0.3) is 20.2 Å². The third kappa shape index (κ3) is 24.0. The van der Waals surface area contributed by atoms with Crippen LogP contribution in [0.5, 0.6) is 5.75 Å². The van der Waals surface area contributed by atoms with Crippen LogP contribution in [0.3, 0.4) is 0 Å². The minimum Gasteiger partial charge on any atom is -0.489 e. The largest absolute Gasteiger partial charge is 0.489 e. The Morgan fingerprint density at radius 1 is 0.630 bits per heavy atom. The Hall–Kier alpha value is -8.78. The van der Waals surface area contributed by atoms with Gasteiger partial charge in [0, 0.05) is 98.1 Å². The minimum absolute atomic E-state index is 0.0176. The van der Waals surface area contributed by atoms with Crippen LogP contribution in [0.1, 0.15) is 166 Å². The van der Waals surface area contributed by atoms with E-state index in [1.807, 2.05) is 85.0 Å². The fourth-order valence-corrected chi connectivity index (χ4v) is 14.1. The number of nitrogens with zero attached hydrogens (tertiary/aromatic N) is 2. The third-order valence-corrected chi connectivity index (χ3v) is 20.0. The summed E-state index contributed by atoms with van der Waals surface area (Å²) >= 11 is 0. The summed E-state index contributed by atoms with van der Waals surface area (Å²) in [7, 11) is -8.30. The summed E-state index contributed by atoms with van der Waals surface area (Å²) in [5, 5.41) is 36.5. The number of rotatable bonds is 42. The Balaban J connectivity index is 1.03. The van der Waals surface area contributed by atoms with Gasteiger partial charge in [-0.1, -0.05) is 118 Å². The van der Waals surface area contributed by atoms with Gasteiger partial charge in [-0.15, -0.1) is 0 Å². The Morgan fingerprint density at radius 2 is 1.26 bits per heavy atom. The van der Waals surface area contributed by atoms with Crippen LogP contribution in [0, 0.1) is 5.92 Å². The second-order valence-corrected chi connectivity index (χ2v) is 29.9. The number of carbonyl (C=O) groups excluding carboxylic acids is 4. The molecule has 3 amide bonds. The molecule has 0 saturated heterocycles. The number of hydrogen-bond donors (Lipinski definition) is 8. The first kappa shape index (κ1) is 78.6. The Labute approximate surface area is 586 Å². The third-order valence-electron chi connectivity index (χ3n) is 18.4. The highest BCUT2D eigenvalue weighted by atomic mass is 32.2. The highest BCUT2D eigenvalue weighted by Gasteiger charge is 2.44. The van der Waals surface area contributed by atoms with Crippen LogP contribution in [0.25, 0.3) is 0 Å². The normalized spacial score (nSPS) is 16.6. The monoisotopic (exact) mass is 1420 g/mol. The second kappa shape index (κ2) is 37.1. The predicted octanol–water partition coefficient (Wildman–Crippen LogP) is 11.3. The number of nitrogens with one attached hydrogen (secondary N) is 3. The first-order chi connectivity index (χ1) is 47.5. The van der Waals surface area contributed by atoms with E-state index in [-0.39, 0.29) is 100 Å². The molecule has 3 aliphatic rings. The fourth-order valence-electron chi connectivity index (χ4n) is 13.0. The van der Waals surface area contributed by atoms with Crippen LogP contribution in [0.4, 0.5) is 16.2 Å². The van der Waals surface area contributed by atoms with Crippen LogP contribution in [-0.2, 0) is 77.4 Å². The number of benzene rings is 4. The molecule has 7 rings (SSSR count). The van der Waals surface area contributed by atoms with E-state index in [0.717, 1.165) is 64.3 Å². The van der Waals surface area contributed by atoms with Crippen LogP contribution >= 0.6 is 0 Å².